The SMILES string of the molecule is O=C(O)N1CCC(CCN2CCN(c3ccc(S(=O)(=O)N4CCCC4)cc3)CC2)CC1. The first-order chi connectivity index (χ1) is 14.9. The molecule has 3 aliphatic heterocycles. The molecule has 0 spiro atoms. The summed E-state index contributed by atoms with van der Waals surface area (Å²) in [4.78, 5) is 17.8. The average molecular weight is 451 g/mol. The van der Waals surface area contributed by atoms with Gasteiger partial charge in [-0.25, -0.2) is 13.2 Å². The molecule has 3 saturated heterocycles. The Morgan fingerprint density at radius 3 is 2.10 bits per heavy atom. The summed E-state index contributed by atoms with van der Waals surface area (Å²) in [5, 5.41) is 9.06. The van der Waals surface area contributed by atoms with Crippen molar-refractivity contribution in [1.29, 1.82) is 0 Å². The summed E-state index contributed by atoms with van der Waals surface area (Å²) in [6.45, 7) is 7.54. The van der Waals surface area contributed by atoms with Crippen LogP contribution in [0.1, 0.15) is 32.1 Å². The minimum absolute atomic E-state index is 0.394. The molecule has 0 bridgehead atoms. The fourth-order valence-electron chi connectivity index (χ4n) is 4.91. The monoisotopic (exact) mass is 450 g/mol. The summed E-state index contributed by atoms with van der Waals surface area (Å²) in [5.41, 5.74) is 1.08. The van der Waals surface area contributed by atoms with Crippen molar-refractivity contribution in [2.45, 2.75) is 37.0 Å². The highest BCUT2D eigenvalue weighted by Gasteiger charge is 2.27. The average Bonchev–Trinajstić information content (AvgIpc) is 3.34. The zero-order valence-electron chi connectivity index (χ0n) is 18.2. The van der Waals surface area contributed by atoms with Crippen LogP contribution in [0.2, 0.25) is 0 Å². The lowest BCUT2D eigenvalue weighted by molar-refractivity contribution is 0.119. The predicted molar refractivity (Wildman–Crippen MR) is 120 cm³/mol. The van der Waals surface area contributed by atoms with Gasteiger partial charge in [-0.2, -0.15) is 4.31 Å². The summed E-state index contributed by atoms with van der Waals surface area (Å²) >= 11 is 0. The van der Waals surface area contributed by atoms with Gasteiger partial charge >= 0.3 is 6.09 Å². The van der Waals surface area contributed by atoms with E-state index in [4.69, 9.17) is 5.11 Å². The number of benzene rings is 1. The molecule has 172 valence electrons. The Balaban J connectivity index is 1.22. The molecule has 1 aromatic rings. The number of carboxylic acid groups (broad SMARTS) is 1. The van der Waals surface area contributed by atoms with Gasteiger partial charge in [0.15, 0.2) is 0 Å². The number of carbonyl (C=O) groups is 1. The van der Waals surface area contributed by atoms with E-state index in [-0.39, 0.29) is 0 Å². The van der Waals surface area contributed by atoms with Crippen LogP contribution in [0.3, 0.4) is 0 Å². The molecule has 3 heterocycles. The maximum Gasteiger partial charge on any atom is 0.407 e. The van der Waals surface area contributed by atoms with Crippen molar-refractivity contribution in [3.63, 3.8) is 0 Å². The second-order valence-electron chi connectivity index (χ2n) is 8.94. The molecule has 1 N–H and O–H groups in total. The lowest BCUT2D eigenvalue weighted by Gasteiger charge is -2.37. The summed E-state index contributed by atoms with van der Waals surface area (Å²) in [5.74, 6) is 0.624. The second kappa shape index (κ2) is 9.75. The number of anilines is 1. The molecule has 0 saturated carbocycles. The van der Waals surface area contributed by atoms with Crippen molar-refractivity contribution in [2.75, 3.05) is 63.8 Å². The Labute approximate surface area is 185 Å². The summed E-state index contributed by atoms with van der Waals surface area (Å²) in [7, 11) is -3.35. The number of nitrogens with zero attached hydrogens (tertiary/aromatic N) is 4. The molecule has 4 rings (SSSR count). The van der Waals surface area contributed by atoms with E-state index in [0.29, 0.717) is 37.0 Å². The van der Waals surface area contributed by atoms with E-state index in [1.807, 2.05) is 12.1 Å². The third-order valence-corrected chi connectivity index (χ3v) is 8.93. The zero-order valence-corrected chi connectivity index (χ0v) is 19.0. The van der Waals surface area contributed by atoms with Gasteiger partial charge in [0.1, 0.15) is 0 Å². The van der Waals surface area contributed by atoms with Gasteiger partial charge in [-0.05, 0) is 68.8 Å². The Morgan fingerprint density at radius 1 is 0.903 bits per heavy atom. The van der Waals surface area contributed by atoms with Crippen LogP contribution in [0.15, 0.2) is 29.2 Å². The molecular weight excluding hydrogens is 416 g/mol. The van der Waals surface area contributed by atoms with E-state index in [0.717, 1.165) is 70.5 Å². The normalized spacial score (nSPS) is 22.2. The molecule has 1 amide bonds. The Hall–Kier alpha value is -1.84. The quantitative estimate of drug-likeness (QED) is 0.716. The van der Waals surface area contributed by atoms with Crippen molar-refractivity contribution in [3.05, 3.63) is 24.3 Å². The summed E-state index contributed by atoms with van der Waals surface area (Å²) in [6, 6.07) is 7.38. The minimum Gasteiger partial charge on any atom is -0.465 e. The molecule has 9 heteroatoms. The highest BCUT2D eigenvalue weighted by Crippen LogP contribution is 2.25. The highest BCUT2D eigenvalue weighted by molar-refractivity contribution is 7.89. The number of piperazine rings is 1. The van der Waals surface area contributed by atoms with Gasteiger partial charge in [-0.3, -0.25) is 4.90 Å². The summed E-state index contributed by atoms with van der Waals surface area (Å²) < 4.78 is 27.0. The number of hydrogen-bond donors (Lipinski definition) is 1. The number of amides is 1. The van der Waals surface area contributed by atoms with Crippen LogP contribution >= 0.6 is 0 Å². The van der Waals surface area contributed by atoms with Crippen LogP contribution in [0, 0.1) is 5.92 Å². The third-order valence-electron chi connectivity index (χ3n) is 7.02. The Kier molecular flexibility index (Phi) is 7.03. The van der Waals surface area contributed by atoms with Gasteiger partial charge in [0.05, 0.1) is 4.90 Å². The van der Waals surface area contributed by atoms with Gasteiger partial charge < -0.3 is 14.9 Å². The molecule has 0 aromatic heterocycles. The maximum absolute atomic E-state index is 12.7. The van der Waals surface area contributed by atoms with E-state index in [1.54, 1.807) is 16.4 Å². The van der Waals surface area contributed by atoms with Crippen molar-refractivity contribution in [1.82, 2.24) is 14.1 Å². The second-order valence-corrected chi connectivity index (χ2v) is 10.9. The number of sulfonamides is 1. The Bertz CT molecular complexity index is 839. The standard InChI is InChI=1S/C22H34N4O4S/c27-22(28)25-13-8-19(9-14-25)7-12-23-15-17-24(18-16-23)20-3-5-21(6-4-20)31(29,30)26-10-1-2-11-26/h3-6,19H,1-2,7-18H2,(H,27,28). The van der Waals surface area contributed by atoms with Gasteiger partial charge in [-0.15, -0.1) is 0 Å². The van der Waals surface area contributed by atoms with Crippen LogP contribution < -0.4 is 4.90 Å². The fraction of sp³-hybridized carbons (Fsp3) is 0.682. The van der Waals surface area contributed by atoms with Crippen molar-refractivity contribution < 1.29 is 18.3 Å². The van der Waals surface area contributed by atoms with Crippen LogP contribution in [0.25, 0.3) is 0 Å². The highest BCUT2D eigenvalue weighted by atomic mass is 32.2. The van der Waals surface area contributed by atoms with Gasteiger partial charge in [0.25, 0.3) is 0 Å². The molecule has 0 aliphatic carbocycles. The molecule has 0 radical (unpaired) electrons. The smallest absolute Gasteiger partial charge is 0.407 e. The van der Waals surface area contributed by atoms with Crippen LogP contribution in [-0.4, -0.2) is 92.6 Å². The number of rotatable bonds is 6. The minimum atomic E-state index is -3.35. The van der Waals surface area contributed by atoms with Gasteiger partial charge in [0.2, 0.25) is 10.0 Å². The first-order valence-electron chi connectivity index (χ1n) is 11.5. The lowest BCUT2D eigenvalue weighted by atomic mass is 9.93. The molecule has 3 fully saturated rings. The van der Waals surface area contributed by atoms with E-state index in [1.165, 1.54) is 4.90 Å². The van der Waals surface area contributed by atoms with Crippen molar-refractivity contribution in [3.8, 4) is 0 Å². The first kappa shape index (κ1) is 22.4. The molecule has 0 unspecified atom stereocenters. The van der Waals surface area contributed by atoms with E-state index >= 15 is 0 Å². The zero-order chi connectivity index (χ0) is 21.8. The number of piperidine rings is 1. The van der Waals surface area contributed by atoms with Crippen LogP contribution in [-0.2, 0) is 10.0 Å². The molecule has 3 aliphatic rings. The Morgan fingerprint density at radius 2 is 1.52 bits per heavy atom. The topological polar surface area (TPSA) is 84.4 Å². The third kappa shape index (κ3) is 5.32. The van der Waals surface area contributed by atoms with Gasteiger partial charge in [-0.1, -0.05) is 0 Å². The van der Waals surface area contributed by atoms with Crippen LogP contribution in [0.5, 0.6) is 0 Å². The van der Waals surface area contributed by atoms with Gasteiger partial charge in [0, 0.05) is 58.0 Å². The molecule has 1 aromatic carbocycles. The van der Waals surface area contributed by atoms with E-state index < -0.39 is 16.1 Å². The van der Waals surface area contributed by atoms with E-state index in [2.05, 4.69) is 9.80 Å². The predicted octanol–water partition coefficient (Wildman–Crippen LogP) is 2.37. The lowest BCUT2D eigenvalue weighted by Crippen LogP contribution is -2.47. The number of likely N-dealkylation sites (tertiary alicyclic amines) is 1. The molecular formula is C22H34N4O4S. The fourth-order valence-corrected chi connectivity index (χ4v) is 6.43. The molecule has 0 atom stereocenters. The largest absolute Gasteiger partial charge is 0.465 e. The first-order valence-corrected chi connectivity index (χ1v) is 12.9. The number of hydrogen-bond acceptors (Lipinski definition) is 5. The molecule has 8 nitrogen and oxygen atoms in total. The maximum atomic E-state index is 12.7. The molecule has 31 heavy (non-hydrogen) atoms. The van der Waals surface area contributed by atoms with Crippen molar-refractivity contribution in [2.24, 2.45) is 5.92 Å². The van der Waals surface area contributed by atoms with Crippen LogP contribution in [0.4, 0.5) is 10.5 Å². The van der Waals surface area contributed by atoms with Crippen molar-refractivity contribution >= 4 is 21.8 Å². The summed E-state index contributed by atoms with van der Waals surface area (Å²) in [6.07, 6.45) is 4.18. The van der Waals surface area contributed by atoms with E-state index in [9.17, 15) is 13.2 Å².